The predicted molar refractivity (Wildman–Crippen MR) is 79.6 cm³/mol. The molecular formula is C15H18BrNO. The van der Waals surface area contributed by atoms with Crippen LogP contribution in [0.2, 0.25) is 0 Å². The first-order chi connectivity index (χ1) is 8.70. The third-order valence-corrected chi connectivity index (χ3v) is 3.49. The van der Waals surface area contributed by atoms with Crippen LogP contribution in [-0.4, -0.2) is 6.54 Å². The first kappa shape index (κ1) is 13.4. The quantitative estimate of drug-likeness (QED) is 0.844. The molecule has 0 spiro atoms. The Morgan fingerprint density at radius 2 is 2.39 bits per heavy atom. The average Bonchev–Trinajstić information content (AvgIpc) is 2.80. The maximum atomic E-state index is 5.83. The SMILES string of the molecule is C=C(/C=C\C(Br)=C/CC)c1cc2c(o1)CCNC2. The Kier molecular flexibility index (Phi) is 4.61. The van der Waals surface area contributed by atoms with Gasteiger partial charge in [0.1, 0.15) is 11.5 Å². The molecule has 0 radical (unpaired) electrons. The highest BCUT2D eigenvalue weighted by atomic mass is 79.9. The topological polar surface area (TPSA) is 25.2 Å². The second-order valence-corrected chi connectivity index (χ2v) is 5.26. The molecule has 3 heteroatoms. The molecule has 2 rings (SSSR count). The van der Waals surface area contributed by atoms with Gasteiger partial charge in [-0.2, -0.15) is 0 Å². The normalized spacial score (nSPS) is 16.0. The molecule has 2 heterocycles. The zero-order chi connectivity index (χ0) is 13.0. The number of hydrogen-bond acceptors (Lipinski definition) is 2. The van der Waals surface area contributed by atoms with Crippen molar-refractivity contribution in [3.63, 3.8) is 0 Å². The van der Waals surface area contributed by atoms with Crippen molar-refractivity contribution >= 4 is 21.5 Å². The number of furan rings is 1. The van der Waals surface area contributed by atoms with Crippen molar-refractivity contribution in [2.45, 2.75) is 26.3 Å². The van der Waals surface area contributed by atoms with Gasteiger partial charge in [-0.15, -0.1) is 0 Å². The lowest BCUT2D eigenvalue weighted by molar-refractivity contribution is 0.467. The van der Waals surface area contributed by atoms with Crippen LogP contribution < -0.4 is 5.32 Å². The van der Waals surface area contributed by atoms with E-state index in [9.17, 15) is 0 Å². The summed E-state index contributed by atoms with van der Waals surface area (Å²) in [6.45, 7) is 8.05. The zero-order valence-electron chi connectivity index (χ0n) is 10.6. The number of fused-ring (bicyclic) bond motifs is 1. The number of hydrogen-bond donors (Lipinski definition) is 1. The van der Waals surface area contributed by atoms with Crippen LogP contribution in [0.3, 0.4) is 0 Å². The maximum Gasteiger partial charge on any atom is 0.134 e. The van der Waals surface area contributed by atoms with E-state index in [0.29, 0.717) is 0 Å². The van der Waals surface area contributed by atoms with E-state index < -0.39 is 0 Å². The van der Waals surface area contributed by atoms with Crippen molar-refractivity contribution in [1.29, 1.82) is 0 Å². The van der Waals surface area contributed by atoms with E-state index in [1.165, 1.54) is 5.56 Å². The molecule has 0 bridgehead atoms. The summed E-state index contributed by atoms with van der Waals surface area (Å²) in [4.78, 5) is 0. The van der Waals surface area contributed by atoms with Gasteiger partial charge in [0.15, 0.2) is 0 Å². The Morgan fingerprint density at radius 3 is 3.11 bits per heavy atom. The van der Waals surface area contributed by atoms with E-state index in [2.05, 4.69) is 46.9 Å². The molecule has 0 saturated carbocycles. The van der Waals surface area contributed by atoms with Gasteiger partial charge in [0, 0.05) is 35.1 Å². The van der Waals surface area contributed by atoms with E-state index in [1.54, 1.807) is 0 Å². The largest absolute Gasteiger partial charge is 0.461 e. The minimum Gasteiger partial charge on any atom is -0.461 e. The van der Waals surface area contributed by atoms with Crippen molar-refractivity contribution in [3.05, 3.63) is 52.4 Å². The smallest absolute Gasteiger partial charge is 0.134 e. The Balaban J connectivity index is 2.09. The minimum atomic E-state index is 0.872. The standard InChI is InChI=1S/C15H18BrNO/c1-3-4-13(16)6-5-11(2)15-9-12-10-17-8-7-14(12)18-15/h4-6,9,17H,2-3,7-8,10H2,1H3/b6-5-,13-4+. The van der Waals surface area contributed by atoms with Gasteiger partial charge in [-0.25, -0.2) is 0 Å². The molecule has 0 aromatic carbocycles. The van der Waals surface area contributed by atoms with Crippen molar-refractivity contribution in [3.8, 4) is 0 Å². The molecule has 1 aliphatic rings. The summed E-state index contributed by atoms with van der Waals surface area (Å²) in [5.74, 6) is 1.97. The summed E-state index contributed by atoms with van der Waals surface area (Å²) in [6.07, 6.45) is 8.07. The van der Waals surface area contributed by atoms with Crippen molar-refractivity contribution < 1.29 is 4.42 Å². The second-order valence-electron chi connectivity index (χ2n) is 4.34. The molecule has 0 amide bonds. The summed E-state index contributed by atoms with van der Waals surface area (Å²) in [5.41, 5.74) is 2.17. The first-order valence-electron chi connectivity index (χ1n) is 6.26. The zero-order valence-corrected chi connectivity index (χ0v) is 12.2. The van der Waals surface area contributed by atoms with E-state index in [1.807, 2.05) is 12.2 Å². The van der Waals surface area contributed by atoms with Crippen LogP contribution in [0.4, 0.5) is 0 Å². The average molecular weight is 308 g/mol. The van der Waals surface area contributed by atoms with Crippen molar-refractivity contribution in [2.75, 3.05) is 6.54 Å². The number of allylic oxidation sites excluding steroid dienone is 5. The van der Waals surface area contributed by atoms with Gasteiger partial charge in [-0.05, 0) is 18.6 Å². The van der Waals surface area contributed by atoms with Crippen LogP contribution >= 0.6 is 15.9 Å². The molecular weight excluding hydrogens is 290 g/mol. The van der Waals surface area contributed by atoms with Crippen LogP contribution in [0.5, 0.6) is 0 Å². The number of rotatable bonds is 4. The lowest BCUT2D eigenvalue weighted by Gasteiger charge is -2.09. The molecule has 96 valence electrons. The van der Waals surface area contributed by atoms with Crippen LogP contribution in [0.15, 0.2) is 39.8 Å². The van der Waals surface area contributed by atoms with Crippen molar-refractivity contribution in [2.24, 2.45) is 0 Å². The molecule has 1 N–H and O–H groups in total. The Hall–Kier alpha value is -1.06. The summed E-state index contributed by atoms with van der Waals surface area (Å²) >= 11 is 3.49. The molecule has 1 aromatic heterocycles. The highest BCUT2D eigenvalue weighted by molar-refractivity contribution is 9.11. The van der Waals surface area contributed by atoms with Crippen LogP contribution in [0, 0.1) is 0 Å². The lowest BCUT2D eigenvalue weighted by atomic mass is 10.1. The highest BCUT2D eigenvalue weighted by Gasteiger charge is 2.15. The summed E-state index contributed by atoms with van der Waals surface area (Å²) in [5, 5.41) is 3.34. The fourth-order valence-corrected chi connectivity index (χ4v) is 2.39. The lowest BCUT2D eigenvalue weighted by Crippen LogP contribution is -2.22. The van der Waals surface area contributed by atoms with E-state index in [0.717, 1.165) is 47.5 Å². The molecule has 0 saturated heterocycles. The molecule has 2 nitrogen and oxygen atoms in total. The fourth-order valence-electron chi connectivity index (χ4n) is 1.94. The maximum absolute atomic E-state index is 5.83. The minimum absolute atomic E-state index is 0.872. The molecule has 1 aliphatic heterocycles. The Labute approximate surface area is 117 Å². The van der Waals surface area contributed by atoms with Gasteiger partial charge in [0.2, 0.25) is 0 Å². The summed E-state index contributed by atoms with van der Waals surface area (Å²) in [7, 11) is 0. The Bertz CT molecular complexity index is 473. The highest BCUT2D eigenvalue weighted by Crippen LogP contribution is 2.24. The van der Waals surface area contributed by atoms with E-state index in [-0.39, 0.29) is 0 Å². The second kappa shape index (κ2) is 6.21. The molecule has 1 aromatic rings. The predicted octanol–water partition coefficient (Wildman–Crippen LogP) is 4.18. The van der Waals surface area contributed by atoms with Gasteiger partial charge in [-0.1, -0.05) is 41.6 Å². The Morgan fingerprint density at radius 1 is 1.56 bits per heavy atom. The van der Waals surface area contributed by atoms with Crippen LogP contribution in [0.1, 0.15) is 30.4 Å². The van der Waals surface area contributed by atoms with Gasteiger partial charge in [0.05, 0.1) is 0 Å². The molecule has 18 heavy (non-hydrogen) atoms. The number of halogens is 1. The fraction of sp³-hybridized carbons (Fsp3) is 0.333. The van der Waals surface area contributed by atoms with E-state index >= 15 is 0 Å². The summed E-state index contributed by atoms with van der Waals surface area (Å²) < 4.78 is 6.91. The van der Waals surface area contributed by atoms with Gasteiger partial charge in [0.25, 0.3) is 0 Å². The third-order valence-electron chi connectivity index (χ3n) is 2.90. The van der Waals surface area contributed by atoms with Crippen LogP contribution in [-0.2, 0) is 13.0 Å². The molecule has 0 unspecified atom stereocenters. The van der Waals surface area contributed by atoms with E-state index in [4.69, 9.17) is 4.42 Å². The molecule has 0 fully saturated rings. The van der Waals surface area contributed by atoms with Gasteiger partial charge < -0.3 is 9.73 Å². The van der Waals surface area contributed by atoms with Gasteiger partial charge in [-0.3, -0.25) is 0 Å². The molecule has 0 atom stereocenters. The van der Waals surface area contributed by atoms with Crippen LogP contribution in [0.25, 0.3) is 5.57 Å². The van der Waals surface area contributed by atoms with Crippen molar-refractivity contribution in [1.82, 2.24) is 5.32 Å². The monoisotopic (exact) mass is 307 g/mol. The first-order valence-corrected chi connectivity index (χ1v) is 7.05. The van der Waals surface area contributed by atoms with Gasteiger partial charge >= 0.3 is 0 Å². The third kappa shape index (κ3) is 3.24. The molecule has 0 aliphatic carbocycles. The number of nitrogens with one attached hydrogen (secondary N) is 1. The summed E-state index contributed by atoms with van der Waals surface area (Å²) in [6, 6.07) is 2.09.